The highest BCUT2D eigenvalue weighted by Gasteiger charge is 1.89. The van der Waals surface area contributed by atoms with Crippen molar-refractivity contribution in [2.45, 2.75) is 0 Å². The minimum atomic E-state index is 0.538. The van der Waals surface area contributed by atoms with E-state index in [1.54, 1.807) is 12.1 Å². The van der Waals surface area contributed by atoms with Gasteiger partial charge in [-0.3, -0.25) is 0 Å². The zero-order valence-corrected chi connectivity index (χ0v) is 7.31. The first kappa shape index (κ1) is 8.71. The molecule has 0 aliphatic heterocycles. The number of thiol groups is 1. The smallest absolute Gasteiger partial charge is 0.0992 e. The summed E-state index contributed by atoms with van der Waals surface area (Å²) in [5.74, 6) is 6.25. The minimum absolute atomic E-state index is 0.538. The Hall–Kier alpha value is -1.38. The lowest BCUT2D eigenvalue weighted by molar-refractivity contribution is 1.48. The molecule has 0 spiro atoms. The second-order valence-electron chi connectivity index (χ2n) is 2.15. The molecule has 0 unspecified atom stereocenters. The molecule has 0 saturated heterocycles. The largest absolute Gasteiger partial charge is 0.192 e. The van der Waals surface area contributed by atoms with Crippen molar-refractivity contribution >= 4 is 12.6 Å². The van der Waals surface area contributed by atoms with Crippen LogP contribution in [0.5, 0.6) is 0 Å². The summed E-state index contributed by atoms with van der Waals surface area (Å²) < 4.78 is 0. The van der Waals surface area contributed by atoms with Gasteiger partial charge in [0.25, 0.3) is 0 Å². The summed E-state index contributed by atoms with van der Waals surface area (Å²) in [5, 5.41) is 8.57. The number of hydrogen-bond acceptors (Lipinski definition) is 2. The van der Waals surface area contributed by atoms with Gasteiger partial charge in [-0.2, -0.15) is 17.9 Å². The van der Waals surface area contributed by atoms with Crippen LogP contribution in [0.2, 0.25) is 0 Å². The Morgan fingerprint density at radius 3 is 2.75 bits per heavy atom. The molecule has 1 aromatic carbocycles. The van der Waals surface area contributed by atoms with Crippen LogP contribution in [0.25, 0.3) is 0 Å². The van der Waals surface area contributed by atoms with E-state index in [0.29, 0.717) is 11.3 Å². The van der Waals surface area contributed by atoms with Gasteiger partial charge in [-0.25, -0.2) is 0 Å². The van der Waals surface area contributed by atoms with Crippen LogP contribution in [-0.4, -0.2) is 5.75 Å². The third-order valence-electron chi connectivity index (χ3n) is 1.30. The molecule has 0 heterocycles. The van der Waals surface area contributed by atoms with Crippen LogP contribution >= 0.6 is 12.6 Å². The molecule has 0 aromatic heterocycles. The lowest BCUT2D eigenvalue weighted by atomic mass is 10.1. The Labute approximate surface area is 77.4 Å². The summed E-state index contributed by atoms with van der Waals surface area (Å²) in [6, 6.07) is 9.27. The van der Waals surface area contributed by atoms with Gasteiger partial charge in [0, 0.05) is 5.56 Å². The van der Waals surface area contributed by atoms with Crippen LogP contribution in [0.15, 0.2) is 24.3 Å². The van der Waals surface area contributed by atoms with Crippen molar-refractivity contribution in [2.24, 2.45) is 0 Å². The van der Waals surface area contributed by atoms with E-state index in [1.807, 2.05) is 12.1 Å². The predicted octanol–water partition coefficient (Wildman–Crippen LogP) is 1.84. The van der Waals surface area contributed by atoms with Gasteiger partial charge in [0.2, 0.25) is 0 Å². The molecule has 0 atom stereocenters. The van der Waals surface area contributed by atoms with E-state index >= 15 is 0 Å². The zero-order valence-electron chi connectivity index (χ0n) is 6.41. The standard InChI is InChI=1S/C10H7NS/c11-8-10-4-1-3-9(7-10)5-2-6-12/h1,3-4,7,12H,6H2. The molecule has 0 aliphatic carbocycles. The normalized spacial score (nSPS) is 8.00. The van der Waals surface area contributed by atoms with Crippen molar-refractivity contribution in [3.8, 4) is 17.9 Å². The van der Waals surface area contributed by atoms with Crippen LogP contribution in [0, 0.1) is 23.2 Å². The van der Waals surface area contributed by atoms with Gasteiger partial charge in [0.05, 0.1) is 17.4 Å². The number of nitrogens with zero attached hydrogens (tertiary/aromatic N) is 1. The molecule has 0 aliphatic rings. The lowest BCUT2D eigenvalue weighted by Gasteiger charge is -1.89. The fourth-order valence-electron chi connectivity index (χ4n) is 0.808. The predicted molar refractivity (Wildman–Crippen MR) is 51.9 cm³/mol. The van der Waals surface area contributed by atoms with Gasteiger partial charge in [-0.15, -0.1) is 0 Å². The summed E-state index contributed by atoms with van der Waals surface area (Å²) in [4.78, 5) is 0. The Balaban J connectivity index is 2.96. The molecule has 0 amide bonds. The van der Waals surface area contributed by atoms with Crippen molar-refractivity contribution < 1.29 is 0 Å². The second kappa shape index (κ2) is 4.49. The van der Waals surface area contributed by atoms with E-state index in [2.05, 4.69) is 30.5 Å². The molecule has 2 heteroatoms. The van der Waals surface area contributed by atoms with Crippen molar-refractivity contribution in [3.05, 3.63) is 35.4 Å². The quantitative estimate of drug-likeness (QED) is 0.469. The molecule has 0 bridgehead atoms. The molecule has 0 fully saturated rings. The summed E-state index contributed by atoms with van der Waals surface area (Å²) in [6.45, 7) is 0. The fourth-order valence-corrected chi connectivity index (χ4v) is 0.887. The van der Waals surface area contributed by atoms with E-state index in [-0.39, 0.29) is 0 Å². The zero-order chi connectivity index (χ0) is 8.81. The van der Waals surface area contributed by atoms with E-state index < -0.39 is 0 Å². The number of nitriles is 1. The van der Waals surface area contributed by atoms with Gasteiger partial charge in [0.1, 0.15) is 0 Å². The number of benzene rings is 1. The molecule has 12 heavy (non-hydrogen) atoms. The molecule has 1 aromatic rings. The lowest BCUT2D eigenvalue weighted by Crippen LogP contribution is -1.77. The molecule has 1 rings (SSSR count). The van der Waals surface area contributed by atoms with Crippen molar-refractivity contribution in [3.63, 3.8) is 0 Å². The fraction of sp³-hybridized carbons (Fsp3) is 0.100. The maximum absolute atomic E-state index is 8.57. The van der Waals surface area contributed by atoms with E-state index in [9.17, 15) is 0 Å². The maximum Gasteiger partial charge on any atom is 0.0992 e. The van der Waals surface area contributed by atoms with Crippen molar-refractivity contribution in [1.29, 1.82) is 5.26 Å². The summed E-state index contributed by atoms with van der Waals surface area (Å²) in [6.07, 6.45) is 0. The number of hydrogen-bond donors (Lipinski definition) is 1. The third-order valence-corrected chi connectivity index (χ3v) is 1.46. The van der Waals surface area contributed by atoms with E-state index in [0.717, 1.165) is 5.56 Å². The van der Waals surface area contributed by atoms with Gasteiger partial charge in [-0.05, 0) is 18.2 Å². The molecule has 58 valence electrons. The Morgan fingerprint density at radius 2 is 2.08 bits per heavy atom. The van der Waals surface area contributed by atoms with Crippen LogP contribution in [0.3, 0.4) is 0 Å². The Morgan fingerprint density at radius 1 is 1.33 bits per heavy atom. The first-order chi connectivity index (χ1) is 5.86. The maximum atomic E-state index is 8.57. The molecular weight excluding hydrogens is 166 g/mol. The molecular formula is C10H7NS. The highest BCUT2D eigenvalue weighted by Crippen LogP contribution is 2.01. The molecule has 1 nitrogen and oxygen atoms in total. The first-order valence-electron chi connectivity index (χ1n) is 3.46. The van der Waals surface area contributed by atoms with Crippen molar-refractivity contribution in [2.75, 3.05) is 5.75 Å². The highest BCUT2D eigenvalue weighted by molar-refractivity contribution is 7.80. The first-order valence-corrected chi connectivity index (χ1v) is 4.10. The summed E-state index contributed by atoms with van der Waals surface area (Å²) in [5.41, 5.74) is 1.50. The minimum Gasteiger partial charge on any atom is -0.192 e. The van der Waals surface area contributed by atoms with Gasteiger partial charge >= 0.3 is 0 Å². The topological polar surface area (TPSA) is 23.8 Å². The van der Waals surface area contributed by atoms with Crippen molar-refractivity contribution in [1.82, 2.24) is 0 Å². The van der Waals surface area contributed by atoms with Gasteiger partial charge < -0.3 is 0 Å². The highest BCUT2D eigenvalue weighted by atomic mass is 32.1. The molecule has 0 N–H and O–H groups in total. The SMILES string of the molecule is N#Cc1cccc(C#CCS)c1. The average Bonchev–Trinajstić information content (AvgIpc) is 2.15. The number of rotatable bonds is 0. The Kier molecular flexibility index (Phi) is 3.26. The summed E-state index contributed by atoms with van der Waals surface area (Å²) in [7, 11) is 0. The Bertz CT molecular complexity index is 365. The van der Waals surface area contributed by atoms with E-state index in [1.165, 1.54) is 0 Å². The van der Waals surface area contributed by atoms with Gasteiger partial charge in [-0.1, -0.05) is 17.9 Å². The third kappa shape index (κ3) is 2.34. The van der Waals surface area contributed by atoms with Gasteiger partial charge in [0.15, 0.2) is 0 Å². The summed E-state index contributed by atoms with van der Waals surface area (Å²) >= 11 is 3.96. The van der Waals surface area contributed by atoms with Crippen LogP contribution in [-0.2, 0) is 0 Å². The van der Waals surface area contributed by atoms with Crippen LogP contribution < -0.4 is 0 Å². The molecule has 0 radical (unpaired) electrons. The van der Waals surface area contributed by atoms with Crippen LogP contribution in [0.4, 0.5) is 0 Å². The average molecular weight is 173 g/mol. The molecule has 0 saturated carbocycles. The monoisotopic (exact) mass is 173 g/mol. The second-order valence-corrected chi connectivity index (χ2v) is 2.47. The van der Waals surface area contributed by atoms with Crippen LogP contribution in [0.1, 0.15) is 11.1 Å². The van der Waals surface area contributed by atoms with E-state index in [4.69, 9.17) is 5.26 Å².